The van der Waals surface area contributed by atoms with Gasteiger partial charge in [-0.1, -0.05) is 0 Å². The summed E-state index contributed by atoms with van der Waals surface area (Å²) < 4.78 is 25.5. The van der Waals surface area contributed by atoms with Crippen LogP contribution in [-0.4, -0.2) is 10.3 Å². The fourth-order valence-corrected chi connectivity index (χ4v) is 0.838. The van der Waals surface area contributed by atoms with Crippen LogP contribution in [0.25, 0.3) is 0 Å². The third kappa shape index (κ3) is 1.69. The Morgan fingerprint density at radius 2 is 1.75 bits per heavy atom. The van der Waals surface area contributed by atoms with Crippen LogP contribution in [0.2, 0.25) is 0 Å². The van der Waals surface area contributed by atoms with Gasteiger partial charge in [0.15, 0.2) is 0 Å². The second kappa shape index (κ2) is 3.46. The topological polar surface area (TPSA) is 52.5 Å². The van der Waals surface area contributed by atoms with Crippen LogP contribution in [0.3, 0.4) is 0 Å². The highest BCUT2D eigenvalue weighted by atomic mass is 19.1. The van der Waals surface area contributed by atoms with Gasteiger partial charge in [0, 0.05) is 17.7 Å². The summed E-state index contributed by atoms with van der Waals surface area (Å²) in [6.45, 7) is -0.335. The number of halogens is 2. The molecule has 0 aliphatic heterocycles. The maximum absolute atomic E-state index is 12.7. The second-order valence-corrected chi connectivity index (χ2v) is 2.22. The first-order chi connectivity index (χ1) is 5.65. The quantitative estimate of drug-likeness (QED) is 0.591. The number of hydrogen-bond donors (Lipinski definition) is 3. The van der Waals surface area contributed by atoms with Crippen molar-refractivity contribution in [3.05, 3.63) is 29.3 Å². The standard InChI is InChI=1S/C7H7F2NO2/c8-6-1-4(11)2-7(9)5(6)3-10-12/h1-2,10-12H,3H2. The Hall–Kier alpha value is -1.20. The minimum atomic E-state index is -0.894. The number of phenols is 1. The van der Waals surface area contributed by atoms with Crippen LogP contribution >= 0.6 is 0 Å². The first-order valence-electron chi connectivity index (χ1n) is 3.19. The predicted molar refractivity (Wildman–Crippen MR) is 36.6 cm³/mol. The minimum Gasteiger partial charge on any atom is -0.508 e. The van der Waals surface area contributed by atoms with Crippen molar-refractivity contribution >= 4 is 0 Å². The highest BCUT2D eigenvalue weighted by molar-refractivity contribution is 5.29. The molecule has 0 heterocycles. The van der Waals surface area contributed by atoms with Gasteiger partial charge in [0.25, 0.3) is 0 Å². The summed E-state index contributed by atoms with van der Waals surface area (Å²) in [4.78, 5) is 0. The monoisotopic (exact) mass is 175 g/mol. The first-order valence-corrected chi connectivity index (χ1v) is 3.19. The normalized spacial score (nSPS) is 10.2. The van der Waals surface area contributed by atoms with Crippen molar-refractivity contribution in [1.82, 2.24) is 5.48 Å². The Bertz CT molecular complexity index is 268. The lowest BCUT2D eigenvalue weighted by Gasteiger charge is -2.03. The molecule has 3 nitrogen and oxygen atoms in total. The fraction of sp³-hybridized carbons (Fsp3) is 0.143. The van der Waals surface area contributed by atoms with Crippen LogP contribution in [0.15, 0.2) is 12.1 Å². The lowest BCUT2D eigenvalue weighted by Crippen LogP contribution is -2.09. The number of benzene rings is 1. The van der Waals surface area contributed by atoms with E-state index in [1.165, 1.54) is 0 Å². The lowest BCUT2D eigenvalue weighted by atomic mass is 10.2. The zero-order valence-corrected chi connectivity index (χ0v) is 6.01. The van der Waals surface area contributed by atoms with Gasteiger partial charge in [-0.05, 0) is 0 Å². The number of phenolic OH excluding ortho intramolecular Hbond substituents is 1. The molecule has 0 unspecified atom stereocenters. The number of rotatable bonds is 2. The van der Waals surface area contributed by atoms with Gasteiger partial charge in [-0.3, -0.25) is 0 Å². The van der Waals surface area contributed by atoms with Gasteiger partial charge >= 0.3 is 0 Å². The lowest BCUT2D eigenvalue weighted by molar-refractivity contribution is 0.158. The molecule has 0 aliphatic rings. The van der Waals surface area contributed by atoms with Crippen LogP contribution in [0.5, 0.6) is 5.75 Å². The average Bonchev–Trinajstić information content (AvgIpc) is 1.96. The minimum absolute atomic E-state index is 0.310. The predicted octanol–water partition coefficient (Wildman–Crippen LogP) is 1.15. The third-order valence-corrected chi connectivity index (χ3v) is 1.38. The van der Waals surface area contributed by atoms with Crippen molar-refractivity contribution in [3.63, 3.8) is 0 Å². The molecule has 0 radical (unpaired) electrons. The van der Waals surface area contributed by atoms with Crippen molar-refractivity contribution < 1.29 is 19.1 Å². The molecule has 0 saturated heterocycles. The van der Waals surface area contributed by atoms with Gasteiger partial charge in [0.1, 0.15) is 17.4 Å². The van der Waals surface area contributed by atoms with E-state index in [0.717, 1.165) is 12.1 Å². The molecule has 0 atom stereocenters. The van der Waals surface area contributed by atoms with Crippen molar-refractivity contribution in [2.45, 2.75) is 6.54 Å². The van der Waals surface area contributed by atoms with Crippen LogP contribution in [-0.2, 0) is 6.54 Å². The van der Waals surface area contributed by atoms with E-state index in [2.05, 4.69) is 0 Å². The molecular formula is C7H7F2NO2. The van der Waals surface area contributed by atoms with Gasteiger partial charge < -0.3 is 10.3 Å². The Morgan fingerprint density at radius 1 is 1.25 bits per heavy atom. The maximum Gasteiger partial charge on any atom is 0.134 e. The van der Waals surface area contributed by atoms with E-state index >= 15 is 0 Å². The Kier molecular flexibility index (Phi) is 2.57. The number of hydrogen-bond acceptors (Lipinski definition) is 3. The number of aromatic hydroxyl groups is 1. The third-order valence-electron chi connectivity index (χ3n) is 1.38. The van der Waals surface area contributed by atoms with Crippen molar-refractivity contribution in [1.29, 1.82) is 0 Å². The number of nitrogens with one attached hydrogen (secondary N) is 1. The van der Waals surface area contributed by atoms with Crippen molar-refractivity contribution in [2.24, 2.45) is 0 Å². The summed E-state index contributed by atoms with van der Waals surface area (Å²) in [5.41, 5.74) is 1.31. The van der Waals surface area contributed by atoms with Crippen molar-refractivity contribution in [2.75, 3.05) is 0 Å². The number of hydroxylamine groups is 1. The van der Waals surface area contributed by atoms with Crippen molar-refractivity contribution in [3.8, 4) is 5.75 Å². The molecule has 0 saturated carbocycles. The van der Waals surface area contributed by atoms with E-state index in [-0.39, 0.29) is 12.1 Å². The molecule has 3 N–H and O–H groups in total. The smallest absolute Gasteiger partial charge is 0.134 e. The van der Waals surface area contributed by atoms with E-state index in [1.54, 1.807) is 5.48 Å². The summed E-state index contributed by atoms with van der Waals surface area (Å²) in [6, 6.07) is 1.55. The second-order valence-electron chi connectivity index (χ2n) is 2.22. The molecule has 0 bridgehead atoms. The first kappa shape index (κ1) is 8.89. The van der Waals surface area contributed by atoms with Crippen LogP contribution in [0.1, 0.15) is 5.56 Å². The summed E-state index contributed by atoms with van der Waals surface area (Å²) in [5, 5.41) is 16.9. The zero-order chi connectivity index (χ0) is 9.14. The largest absolute Gasteiger partial charge is 0.508 e. The Labute approximate surface area is 67.2 Å². The van der Waals surface area contributed by atoms with E-state index in [1.807, 2.05) is 0 Å². The molecule has 0 aromatic heterocycles. The molecule has 1 aromatic rings. The van der Waals surface area contributed by atoms with E-state index in [4.69, 9.17) is 10.3 Å². The fourth-order valence-electron chi connectivity index (χ4n) is 0.838. The molecule has 0 amide bonds. The van der Waals surface area contributed by atoms with E-state index < -0.39 is 17.4 Å². The van der Waals surface area contributed by atoms with Gasteiger partial charge in [0.2, 0.25) is 0 Å². The highest BCUT2D eigenvalue weighted by Crippen LogP contribution is 2.18. The molecule has 5 heteroatoms. The Morgan fingerprint density at radius 3 is 2.17 bits per heavy atom. The molecule has 0 fully saturated rings. The van der Waals surface area contributed by atoms with Crippen LogP contribution < -0.4 is 5.48 Å². The summed E-state index contributed by atoms with van der Waals surface area (Å²) in [7, 11) is 0. The molecular weight excluding hydrogens is 168 g/mol. The van der Waals surface area contributed by atoms with Crippen LogP contribution in [0, 0.1) is 11.6 Å². The summed E-state index contributed by atoms with van der Waals surface area (Å²) >= 11 is 0. The highest BCUT2D eigenvalue weighted by Gasteiger charge is 2.09. The van der Waals surface area contributed by atoms with Crippen LogP contribution in [0.4, 0.5) is 8.78 Å². The van der Waals surface area contributed by atoms with Gasteiger partial charge in [-0.15, -0.1) is 0 Å². The van der Waals surface area contributed by atoms with Gasteiger partial charge in [0.05, 0.1) is 6.54 Å². The molecule has 1 rings (SSSR count). The maximum atomic E-state index is 12.7. The van der Waals surface area contributed by atoms with Gasteiger partial charge in [-0.25, -0.2) is 14.3 Å². The molecule has 0 aliphatic carbocycles. The van der Waals surface area contributed by atoms with Gasteiger partial charge in [-0.2, -0.15) is 0 Å². The zero-order valence-electron chi connectivity index (χ0n) is 6.01. The summed E-state index contributed by atoms with van der Waals surface area (Å²) in [6.07, 6.45) is 0. The Balaban J connectivity index is 3.10. The molecule has 12 heavy (non-hydrogen) atoms. The van der Waals surface area contributed by atoms with E-state index in [9.17, 15) is 8.78 Å². The summed E-state index contributed by atoms with van der Waals surface area (Å²) in [5.74, 6) is -2.27. The average molecular weight is 175 g/mol. The molecule has 66 valence electrons. The SMILES string of the molecule is ONCc1c(F)cc(O)cc1F. The molecule has 0 spiro atoms. The molecule has 1 aromatic carbocycles. The van der Waals surface area contributed by atoms with E-state index in [0.29, 0.717) is 0 Å².